The molecular weight excluding hydrogens is 222 g/mol. The molecular formula is C16H17NO. The van der Waals surface area contributed by atoms with Crippen molar-refractivity contribution in [2.75, 3.05) is 0 Å². The topological polar surface area (TPSA) is 29.4 Å². The number of hydrogen-bond acceptors (Lipinski definition) is 2. The van der Waals surface area contributed by atoms with Crippen molar-refractivity contribution in [1.82, 2.24) is 0 Å². The highest BCUT2D eigenvalue weighted by molar-refractivity contribution is 5.64. The van der Waals surface area contributed by atoms with Crippen molar-refractivity contribution in [3.05, 3.63) is 64.6 Å². The minimum atomic E-state index is 0.234. The van der Waals surface area contributed by atoms with Crippen LogP contribution in [0.1, 0.15) is 30.9 Å². The Morgan fingerprint density at radius 3 is 2.33 bits per heavy atom. The molecule has 2 rings (SSSR count). The van der Waals surface area contributed by atoms with Gasteiger partial charge in [0, 0.05) is 0 Å². The van der Waals surface area contributed by atoms with Gasteiger partial charge < -0.3 is 0 Å². The van der Waals surface area contributed by atoms with Gasteiger partial charge in [0.2, 0.25) is 0 Å². The van der Waals surface area contributed by atoms with E-state index in [1.165, 1.54) is 11.1 Å². The van der Waals surface area contributed by atoms with E-state index in [0.717, 1.165) is 11.1 Å². The third-order valence-corrected chi connectivity index (χ3v) is 3.08. The van der Waals surface area contributed by atoms with E-state index in [-0.39, 0.29) is 6.54 Å². The molecule has 2 heteroatoms. The average molecular weight is 239 g/mol. The van der Waals surface area contributed by atoms with E-state index in [9.17, 15) is 4.91 Å². The molecule has 0 saturated carbocycles. The molecule has 18 heavy (non-hydrogen) atoms. The van der Waals surface area contributed by atoms with E-state index >= 15 is 0 Å². The van der Waals surface area contributed by atoms with Gasteiger partial charge in [-0.15, -0.1) is 0 Å². The van der Waals surface area contributed by atoms with E-state index in [1.54, 1.807) is 0 Å². The summed E-state index contributed by atoms with van der Waals surface area (Å²) < 4.78 is 0. The first-order valence-corrected chi connectivity index (χ1v) is 6.19. The fourth-order valence-corrected chi connectivity index (χ4v) is 1.98. The Bertz CT molecular complexity index is 529. The summed E-state index contributed by atoms with van der Waals surface area (Å²) in [6.07, 6.45) is 0. The van der Waals surface area contributed by atoms with Crippen molar-refractivity contribution in [1.29, 1.82) is 0 Å². The van der Waals surface area contributed by atoms with Crippen molar-refractivity contribution in [2.45, 2.75) is 26.3 Å². The molecule has 0 spiro atoms. The predicted octanol–water partition coefficient (Wildman–Crippen LogP) is 4.74. The zero-order valence-electron chi connectivity index (χ0n) is 10.8. The summed E-state index contributed by atoms with van der Waals surface area (Å²) in [6, 6.07) is 16.5. The number of rotatable bonds is 4. The molecule has 0 aromatic heterocycles. The molecule has 0 unspecified atom stereocenters. The van der Waals surface area contributed by atoms with Crippen LogP contribution in [-0.2, 0) is 6.54 Å². The van der Waals surface area contributed by atoms with Gasteiger partial charge in [0.05, 0.1) is 0 Å². The molecule has 0 fully saturated rings. The molecule has 2 nitrogen and oxygen atoms in total. The Hall–Kier alpha value is -1.96. The Balaban J connectivity index is 2.30. The van der Waals surface area contributed by atoms with Gasteiger partial charge in [-0.1, -0.05) is 61.5 Å². The minimum Gasteiger partial charge on any atom is -0.150 e. The second kappa shape index (κ2) is 5.58. The molecule has 0 aliphatic rings. The van der Waals surface area contributed by atoms with Crippen LogP contribution in [0.2, 0.25) is 0 Å². The standard InChI is InChI=1S/C16H17NO/c1-12(2)14-6-8-15(9-7-14)16-5-3-4-13(10-16)11-17-18/h3-10,12H,11H2,1-2H3. The summed E-state index contributed by atoms with van der Waals surface area (Å²) in [4.78, 5) is 10.3. The lowest BCUT2D eigenvalue weighted by Crippen LogP contribution is -1.87. The molecule has 2 aromatic carbocycles. The van der Waals surface area contributed by atoms with Crippen LogP contribution in [0.25, 0.3) is 11.1 Å². The van der Waals surface area contributed by atoms with Gasteiger partial charge >= 0.3 is 0 Å². The summed E-state index contributed by atoms with van der Waals surface area (Å²) >= 11 is 0. The monoisotopic (exact) mass is 239 g/mol. The van der Waals surface area contributed by atoms with Crippen molar-refractivity contribution < 1.29 is 0 Å². The maximum Gasteiger partial charge on any atom is 0.106 e. The van der Waals surface area contributed by atoms with Crippen LogP contribution in [-0.4, -0.2) is 0 Å². The van der Waals surface area contributed by atoms with Gasteiger partial charge in [0.1, 0.15) is 6.54 Å². The molecule has 0 aliphatic carbocycles. The largest absolute Gasteiger partial charge is 0.150 e. The van der Waals surface area contributed by atoms with Gasteiger partial charge in [-0.2, -0.15) is 4.91 Å². The third-order valence-electron chi connectivity index (χ3n) is 3.08. The van der Waals surface area contributed by atoms with Gasteiger partial charge in [-0.25, -0.2) is 0 Å². The Kier molecular flexibility index (Phi) is 3.88. The zero-order chi connectivity index (χ0) is 13.0. The molecule has 92 valence electrons. The molecule has 0 radical (unpaired) electrons. The molecule has 0 atom stereocenters. The molecule has 2 aromatic rings. The smallest absolute Gasteiger partial charge is 0.106 e. The van der Waals surface area contributed by atoms with Gasteiger partial charge in [-0.3, -0.25) is 0 Å². The number of hydrogen-bond donors (Lipinski definition) is 0. The van der Waals surface area contributed by atoms with E-state index in [1.807, 2.05) is 18.2 Å². The lowest BCUT2D eigenvalue weighted by Gasteiger charge is -2.07. The average Bonchev–Trinajstić information content (AvgIpc) is 2.39. The number of nitroso groups, excluding NO2 is 1. The fourth-order valence-electron chi connectivity index (χ4n) is 1.98. The summed E-state index contributed by atoms with van der Waals surface area (Å²) in [6.45, 7) is 4.61. The van der Waals surface area contributed by atoms with E-state index in [4.69, 9.17) is 0 Å². The molecule has 0 heterocycles. The van der Waals surface area contributed by atoms with Crippen LogP contribution in [0, 0.1) is 4.91 Å². The number of benzene rings is 2. The van der Waals surface area contributed by atoms with Crippen LogP contribution >= 0.6 is 0 Å². The molecule has 0 amide bonds. The normalized spacial score (nSPS) is 10.6. The van der Waals surface area contributed by atoms with E-state index in [0.29, 0.717) is 5.92 Å². The second-order valence-corrected chi connectivity index (χ2v) is 4.76. The van der Waals surface area contributed by atoms with Crippen molar-refractivity contribution in [2.24, 2.45) is 5.18 Å². The first kappa shape index (κ1) is 12.5. The molecule has 0 saturated heterocycles. The lowest BCUT2D eigenvalue weighted by atomic mass is 9.98. The molecule has 0 N–H and O–H groups in total. The van der Waals surface area contributed by atoms with E-state index in [2.05, 4.69) is 49.4 Å². The molecule has 0 bridgehead atoms. The predicted molar refractivity (Wildman–Crippen MR) is 75.5 cm³/mol. The summed E-state index contributed by atoms with van der Waals surface area (Å²) in [5.74, 6) is 0.546. The first-order valence-electron chi connectivity index (χ1n) is 6.19. The fraction of sp³-hybridized carbons (Fsp3) is 0.250. The van der Waals surface area contributed by atoms with Crippen LogP contribution in [0.5, 0.6) is 0 Å². The lowest BCUT2D eigenvalue weighted by molar-refractivity contribution is 0.867. The van der Waals surface area contributed by atoms with Crippen molar-refractivity contribution in [3.8, 4) is 11.1 Å². The van der Waals surface area contributed by atoms with Crippen molar-refractivity contribution in [3.63, 3.8) is 0 Å². The quantitative estimate of drug-likeness (QED) is 0.708. The highest BCUT2D eigenvalue weighted by Crippen LogP contribution is 2.23. The maximum atomic E-state index is 10.3. The van der Waals surface area contributed by atoms with Gasteiger partial charge in [0.25, 0.3) is 0 Å². The first-order chi connectivity index (χ1) is 8.70. The highest BCUT2D eigenvalue weighted by atomic mass is 16.3. The van der Waals surface area contributed by atoms with Crippen LogP contribution in [0.3, 0.4) is 0 Å². The zero-order valence-corrected chi connectivity index (χ0v) is 10.8. The molecule has 0 aliphatic heterocycles. The second-order valence-electron chi connectivity index (χ2n) is 4.76. The SMILES string of the molecule is CC(C)c1ccc(-c2cccc(CN=O)c2)cc1. The van der Waals surface area contributed by atoms with Crippen molar-refractivity contribution >= 4 is 0 Å². The third kappa shape index (κ3) is 2.83. The minimum absolute atomic E-state index is 0.234. The number of nitrogens with zero attached hydrogens (tertiary/aromatic N) is 1. The summed E-state index contributed by atoms with van der Waals surface area (Å²) in [7, 11) is 0. The Morgan fingerprint density at radius 2 is 1.72 bits per heavy atom. The summed E-state index contributed by atoms with van der Waals surface area (Å²) in [5.41, 5.74) is 4.60. The van der Waals surface area contributed by atoms with Gasteiger partial charge in [0.15, 0.2) is 0 Å². The van der Waals surface area contributed by atoms with Crippen LogP contribution in [0.15, 0.2) is 53.7 Å². The van der Waals surface area contributed by atoms with E-state index < -0.39 is 0 Å². The maximum absolute atomic E-state index is 10.3. The van der Waals surface area contributed by atoms with Crippen LogP contribution < -0.4 is 0 Å². The Morgan fingerprint density at radius 1 is 1.00 bits per heavy atom. The highest BCUT2D eigenvalue weighted by Gasteiger charge is 2.02. The summed E-state index contributed by atoms with van der Waals surface area (Å²) in [5, 5.41) is 2.93. The Labute approximate surface area is 108 Å². The van der Waals surface area contributed by atoms with Crippen LogP contribution in [0.4, 0.5) is 0 Å². The van der Waals surface area contributed by atoms with Gasteiger partial charge in [-0.05, 0) is 34.2 Å².